The number of nitrogens with one attached hydrogen (secondary N) is 1. The highest BCUT2D eigenvalue weighted by molar-refractivity contribution is 5.78. The zero-order valence-corrected chi connectivity index (χ0v) is 16.3. The van der Waals surface area contributed by atoms with Crippen molar-refractivity contribution in [3.05, 3.63) is 59.2 Å². The second kappa shape index (κ2) is 8.61. The number of hydrogen-bond donors (Lipinski definition) is 2. The quantitative estimate of drug-likeness (QED) is 0.590. The molecule has 0 fully saturated rings. The maximum atomic E-state index is 6.05. The van der Waals surface area contributed by atoms with Crippen LogP contribution in [-0.2, 0) is 12.0 Å². The maximum absolute atomic E-state index is 6.05. The molecule has 0 aliphatic rings. The third kappa shape index (κ3) is 5.15. The molecular weight excluding hydrogens is 326 g/mol. The molecule has 140 valence electrons. The Morgan fingerprint density at radius 2 is 1.81 bits per heavy atom. The summed E-state index contributed by atoms with van der Waals surface area (Å²) < 4.78 is 10.6. The average molecular weight is 355 g/mol. The minimum Gasteiger partial charge on any atom is -0.493 e. The summed E-state index contributed by atoms with van der Waals surface area (Å²) >= 11 is 0. The third-order valence-corrected chi connectivity index (χ3v) is 4.39. The lowest BCUT2D eigenvalue weighted by Crippen LogP contribution is -2.40. The number of nitrogens with zero attached hydrogens (tertiary/aromatic N) is 1. The van der Waals surface area contributed by atoms with Gasteiger partial charge in [-0.3, -0.25) is 0 Å². The van der Waals surface area contributed by atoms with E-state index in [9.17, 15) is 0 Å². The van der Waals surface area contributed by atoms with Crippen LogP contribution in [0.4, 0.5) is 0 Å². The van der Waals surface area contributed by atoms with Crippen LogP contribution in [0, 0.1) is 6.92 Å². The molecule has 5 nitrogen and oxygen atoms in total. The minimum atomic E-state index is -0.0461. The Labute approximate surface area is 156 Å². The fourth-order valence-electron chi connectivity index (χ4n) is 2.69. The van der Waals surface area contributed by atoms with Gasteiger partial charge in [0.05, 0.1) is 20.8 Å². The molecule has 2 rings (SSSR count). The molecule has 5 heteroatoms. The summed E-state index contributed by atoms with van der Waals surface area (Å²) in [6.45, 7) is 7.67. The summed E-state index contributed by atoms with van der Waals surface area (Å²) in [5.41, 5.74) is 9.54. The predicted molar refractivity (Wildman–Crippen MR) is 107 cm³/mol. The van der Waals surface area contributed by atoms with Gasteiger partial charge in [0.2, 0.25) is 0 Å². The highest BCUT2D eigenvalue weighted by Crippen LogP contribution is 2.27. The van der Waals surface area contributed by atoms with Crippen molar-refractivity contribution >= 4 is 5.96 Å². The molecule has 26 heavy (non-hydrogen) atoms. The fourth-order valence-corrected chi connectivity index (χ4v) is 2.69. The zero-order valence-electron chi connectivity index (χ0n) is 16.3. The monoisotopic (exact) mass is 355 g/mol. The summed E-state index contributed by atoms with van der Waals surface area (Å²) in [5, 5.41) is 3.23. The van der Waals surface area contributed by atoms with Crippen molar-refractivity contribution < 1.29 is 9.47 Å². The molecule has 0 bridgehead atoms. The van der Waals surface area contributed by atoms with Crippen molar-refractivity contribution in [2.75, 3.05) is 20.8 Å². The van der Waals surface area contributed by atoms with Crippen molar-refractivity contribution in [2.24, 2.45) is 10.7 Å². The highest BCUT2D eigenvalue weighted by Gasteiger charge is 2.20. The van der Waals surface area contributed by atoms with Crippen LogP contribution in [0.5, 0.6) is 11.5 Å². The average Bonchev–Trinajstić information content (AvgIpc) is 2.64. The van der Waals surface area contributed by atoms with E-state index >= 15 is 0 Å². The van der Waals surface area contributed by atoms with Gasteiger partial charge < -0.3 is 20.5 Å². The number of nitrogens with two attached hydrogens (primary N) is 1. The lowest BCUT2D eigenvalue weighted by Gasteiger charge is -2.26. The first kappa shape index (κ1) is 19.6. The molecule has 0 aliphatic carbocycles. The summed E-state index contributed by atoms with van der Waals surface area (Å²) in [7, 11) is 3.24. The third-order valence-electron chi connectivity index (χ3n) is 4.39. The molecule has 0 atom stereocenters. The molecular formula is C21H29N3O2. The van der Waals surface area contributed by atoms with Crippen LogP contribution in [0.25, 0.3) is 0 Å². The Hall–Kier alpha value is -2.69. The number of hydrogen-bond acceptors (Lipinski definition) is 3. The van der Waals surface area contributed by atoms with Gasteiger partial charge in [0.15, 0.2) is 17.5 Å². The first-order chi connectivity index (χ1) is 12.4. The number of aryl methyl sites for hydroxylation is 1. The lowest BCUT2D eigenvalue weighted by molar-refractivity contribution is 0.354. The Morgan fingerprint density at radius 1 is 1.08 bits per heavy atom. The number of aliphatic imine (C=N–C) groups is 1. The summed E-state index contributed by atoms with van der Waals surface area (Å²) in [5.74, 6) is 1.82. The molecule has 0 aliphatic heterocycles. The van der Waals surface area contributed by atoms with Gasteiger partial charge in [0.1, 0.15) is 0 Å². The van der Waals surface area contributed by atoms with Gasteiger partial charge in [-0.2, -0.15) is 0 Å². The summed E-state index contributed by atoms with van der Waals surface area (Å²) in [6.07, 6.45) is 0. The number of methoxy groups -OCH3 is 2. The van der Waals surface area contributed by atoms with Crippen molar-refractivity contribution in [2.45, 2.75) is 32.7 Å². The molecule has 0 aromatic heterocycles. The zero-order chi connectivity index (χ0) is 19.2. The fraction of sp³-hybridized carbons (Fsp3) is 0.381. The van der Waals surface area contributed by atoms with Crippen LogP contribution < -0.4 is 20.5 Å². The van der Waals surface area contributed by atoms with Crippen LogP contribution in [0.15, 0.2) is 47.5 Å². The first-order valence-electron chi connectivity index (χ1n) is 8.67. The minimum absolute atomic E-state index is 0.0461. The van der Waals surface area contributed by atoms with E-state index in [0.717, 1.165) is 5.56 Å². The molecule has 2 aromatic rings. The van der Waals surface area contributed by atoms with Gasteiger partial charge >= 0.3 is 0 Å². The molecule has 0 unspecified atom stereocenters. The van der Waals surface area contributed by atoms with E-state index in [-0.39, 0.29) is 5.41 Å². The van der Waals surface area contributed by atoms with Gasteiger partial charge in [-0.05, 0) is 30.2 Å². The number of rotatable bonds is 7. The van der Waals surface area contributed by atoms with Gasteiger partial charge in [-0.15, -0.1) is 0 Å². The maximum Gasteiger partial charge on any atom is 0.188 e. The Bertz CT molecular complexity index is 770. The lowest BCUT2D eigenvalue weighted by atomic mass is 9.84. The number of benzene rings is 2. The second-order valence-electron chi connectivity index (χ2n) is 7.00. The molecule has 2 aromatic carbocycles. The normalized spacial score (nSPS) is 12.0. The van der Waals surface area contributed by atoms with E-state index in [1.807, 2.05) is 18.2 Å². The van der Waals surface area contributed by atoms with E-state index in [4.69, 9.17) is 15.2 Å². The Morgan fingerprint density at radius 3 is 2.46 bits per heavy atom. The van der Waals surface area contributed by atoms with Crippen molar-refractivity contribution in [3.63, 3.8) is 0 Å². The van der Waals surface area contributed by atoms with Gasteiger partial charge in [0.25, 0.3) is 0 Å². The predicted octanol–water partition coefficient (Wildman–Crippen LogP) is 3.39. The summed E-state index contributed by atoms with van der Waals surface area (Å²) in [4.78, 5) is 4.43. The van der Waals surface area contributed by atoms with E-state index in [1.54, 1.807) is 14.2 Å². The van der Waals surface area contributed by atoms with Crippen LogP contribution in [0.3, 0.4) is 0 Å². The standard InChI is InChI=1S/C21H29N3O2/c1-15-7-6-8-17(11-15)21(2,3)14-24-20(22)23-13-16-9-10-18(25-4)19(12-16)26-5/h6-12H,13-14H2,1-5H3,(H3,22,23,24). The molecule has 0 saturated carbocycles. The van der Waals surface area contributed by atoms with Crippen molar-refractivity contribution in [3.8, 4) is 11.5 Å². The Balaban J connectivity index is 1.98. The van der Waals surface area contributed by atoms with E-state index in [2.05, 4.69) is 55.3 Å². The van der Waals surface area contributed by atoms with Crippen molar-refractivity contribution in [1.29, 1.82) is 0 Å². The molecule has 0 saturated heterocycles. The molecule has 0 spiro atoms. The number of guanidine groups is 1. The van der Waals surface area contributed by atoms with E-state index < -0.39 is 0 Å². The molecule has 0 radical (unpaired) electrons. The summed E-state index contributed by atoms with van der Waals surface area (Å²) in [6, 6.07) is 14.3. The largest absolute Gasteiger partial charge is 0.493 e. The van der Waals surface area contributed by atoms with Crippen LogP contribution in [-0.4, -0.2) is 26.7 Å². The second-order valence-corrected chi connectivity index (χ2v) is 7.00. The molecule has 3 N–H and O–H groups in total. The smallest absolute Gasteiger partial charge is 0.188 e. The SMILES string of the molecule is COc1ccc(CN=C(N)NCC(C)(C)c2cccc(C)c2)cc1OC. The molecule has 0 heterocycles. The topological polar surface area (TPSA) is 68.9 Å². The van der Waals surface area contributed by atoms with Crippen LogP contribution in [0.1, 0.15) is 30.5 Å². The molecule has 0 amide bonds. The first-order valence-corrected chi connectivity index (χ1v) is 8.67. The van der Waals surface area contributed by atoms with Crippen LogP contribution in [0.2, 0.25) is 0 Å². The van der Waals surface area contributed by atoms with Gasteiger partial charge in [-0.1, -0.05) is 49.7 Å². The van der Waals surface area contributed by atoms with E-state index in [1.165, 1.54) is 11.1 Å². The van der Waals surface area contributed by atoms with Gasteiger partial charge in [-0.25, -0.2) is 4.99 Å². The number of ether oxygens (including phenoxy) is 2. The van der Waals surface area contributed by atoms with Crippen LogP contribution >= 0.6 is 0 Å². The highest BCUT2D eigenvalue weighted by atomic mass is 16.5. The van der Waals surface area contributed by atoms with Crippen molar-refractivity contribution in [1.82, 2.24) is 5.32 Å². The van der Waals surface area contributed by atoms with E-state index in [0.29, 0.717) is 30.5 Å². The Kier molecular flexibility index (Phi) is 6.50. The van der Waals surface area contributed by atoms with Gasteiger partial charge in [0, 0.05) is 12.0 Å².